The summed E-state index contributed by atoms with van der Waals surface area (Å²) in [5, 5.41) is 0. The topological polar surface area (TPSA) is 52.6 Å². The van der Waals surface area contributed by atoms with Crippen molar-refractivity contribution in [3.8, 4) is 0 Å². The van der Waals surface area contributed by atoms with Crippen LogP contribution in [0.5, 0.6) is 0 Å². The molecule has 0 aliphatic carbocycles. The van der Waals surface area contributed by atoms with Crippen LogP contribution in [-0.2, 0) is 19.1 Å². The molecule has 29 heavy (non-hydrogen) atoms. The minimum Gasteiger partial charge on any atom is -0.462 e. The quantitative estimate of drug-likeness (QED) is 0.185. The van der Waals surface area contributed by atoms with Crippen LogP contribution >= 0.6 is 35.3 Å². The first-order valence-electron chi connectivity index (χ1n) is 8.84. The molecule has 0 N–H and O–H groups in total. The Labute approximate surface area is 184 Å². The van der Waals surface area contributed by atoms with Crippen LogP contribution in [0.2, 0.25) is 0 Å². The lowest BCUT2D eigenvalue weighted by molar-refractivity contribution is -0.138. The van der Waals surface area contributed by atoms with Gasteiger partial charge in [-0.25, -0.2) is 9.59 Å². The summed E-state index contributed by atoms with van der Waals surface area (Å²) in [6.07, 6.45) is 2.34. The van der Waals surface area contributed by atoms with E-state index >= 15 is 0 Å². The predicted molar refractivity (Wildman–Crippen MR) is 121 cm³/mol. The highest BCUT2D eigenvalue weighted by molar-refractivity contribution is 8.03. The number of rotatable bonds is 12. The molecule has 0 amide bonds. The fourth-order valence-electron chi connectivity index (χ4n) is 2.13. The molecule has 2 aromatic rings. The molecular formula is C22H22O4S3. The maximum absolute atomic E-state index is 11.1. The van der Waals surface area contributed by atoms with Crippen molar-refractivity contribution in [1.29, 1.82) is 0 Å². The molecule has 0 fully saturated rings. The lowest BCUT2D eigenvalue weighted by atomic mass is 10.4. The molecular weight excluding hydrogens is 424 g/mol. The van der Waals surface area contributed by atoms with E-state index in [1.165, 1.54) is 12.2 Å². The molecule has 7 heteroatoms. The van der Waals surface area contributed by atoms with Crippen molar-refractivity contribution < 1.29 is 19.1 Å². The first-order valence-corrected chi connectivity index (χ1v) is 11.6. The van der Waals surface area contributed by atoms with Crippen LogP contribution in [0, 0.1) is 0 Å². The lowest BCUT2D eigenvalue weighted by Gasteiger charge is -2.12. The van der Waals surface area contributed by atoms with Crippen molar-refractivity contribution in [2.45, 2.75) is 19.6 Å². The van der Waals surface area contributed by atoms with E-state index in [4.69, 9.17) is 9.47 Å². The predicted octanol–water partition coefficient (Wildman–Crippen LogP) is 5.48. The van der Waals surface area contributed by atoms with Gasteiger partial charge in [-0.05, 0) is 24.3 Å². The number of hydrogen-bond donors (Lipinski definition) is 0. The van der Waals surface area contributed by atoms with Gasteiger partial charge >= 0.3 is 11.9 Å². The Morgan fingerprint density at radius 2 is 1.10 bits per heavy atom. The van der Waals surface area contributed by atoms with Crippen LogP contribution in [0.1, 0.15) is 0 Å². The molecule has 2 rings (SSSR count). The normalized spacial score (nSPS) is 10.2. The third kappa shape index (κ3) is 8.43. The molecule has 0 saturated heterocycles. The summed E-state index contributed by atoms with van der Waals surface area (Å²) >= 11 is 4.98. The van der Waals surface area contributed by atoms with E-state index in [2.05, 4.69) is 37.4 Å². The van der Waals surface area contributed by atoms with E-state index in [0.717, 1.165) is 19.6 Å². The second kappa shape index (κ2) is 13.2. The minimum absolute atomic E-state index is 0.338. The van der Waals surface area contributed by atoms with Gasteiger partial charge in [0.2, 0.25) is 0 Å². The number of thioether (sulfide) groups is 2. The Bertz CT molecular complexity index is 782. The van der Waals surface area contributed by atoms with Crippen LogP contribution in [-0.4, -0.2) is 36.7 Å². The van der Waals surface area contributed by atoms with E-state index in [0.29, 0.717) is 24.7 Å². The minimum atomic E-state index is -0.405. The summed E-state index contributed by atoms with van der Waals surface area (Å²) in [5.74, 6) is 0.528. The average Bonchev–Trinajstić information content (AvgIpc) is 2.75. The smallest absolute Gasteiger partial charge is 0.330 e. The number of benzene rings is 2. The number of esters is 2. The van der Waals surface area contributed by atoms with Gasteiger partial charge < -0.3 is 9.47 Å². The van der Waals surface area contributed by atoms with Gasteiger partial charge in [-0.3, -0.25) is 0 Å². The van der Waals surface area contributed by atoms with Crippen LogP contribution in [0.4, 0.5) is 0 Å². The molecule has 2 aromatic carbocycles. The van der Waals surface area contributed by atoms with Crippen LogP contribution in [0.15, 0.2) is 93.4 Å². The van der Waals surface area contributed by atoms with Gasteiger partial charge in [0.25, 0.3) is 0 Å². The second-order valence-corrected chi connectivity index (χ2v) is 8.79. The van der Waals surface area contributed by atoms with Crippen molar-refractivity contribution in [2.75, 3.05) is 24.7 Å². The Balaban J connectivity index is 1.97. The van der Waals surface area contributed by atoms with Crippen molar-refractivity contribution in [3.05, 3.63) is 73.8 Å². The Morgan fingerprint density at radius 1 is 0.724 bits per heavy atom. The monoisotopic (exact) mass is 446 g/mol. The molecule has 0 spiro atoms. The molecule has 0 aromatic heterocycles. The molecule has 0 heterocycles. The summed E-state index contributed by atoms with van der Waals surface area (Å²) in [5.41, 5.74) is 0. The van der Waals surface area contributed by atoms with Crippen LogP contribution in [0.25, 0.3) is 0 Å². The molecule has 4 nitrogen and oxygen atoms in total. The Hall–Kier alpha value is -2.09. The largest absolute Gasteiger partial charge is 0.462 e. The summed E-state index contributed by atoms with van der Waals surface area (Å²) in [6.45, 7) is 7.46. The zero-order valence-corrected chi connectivity index (χ0v) is 18.3. The first kappa shape index (κ1) is 23.2. The van der Waals surface area contributed by atoms with Gasteiger partial charge in [0, 0.05) is 43.2 Å². The molecule has 152 valence electrons. The second-order valence-electron chi connectivity index (χ2n) is 5.44. The maximum atomic E-state index is 11.1. The zero-order chi connectivity index (χ0) is 20.9. The summed E-state index contributed by atoms with van der Waals surface area (Å²) in [4.78, 5) is 26.8. The standard InChI is InChI=1S/C22H22O4S3/c1-3-21(23)25-13-15-27-17-9-5-7-11-19(17)29-20-12-8-6-10-18(20)28-16-14-26-22(24)4-2/h3-12H,1-2,13-16H2. The van der Waals surface area contributed by atoms with E-state index in [9.17, 15) is 9.59 Å². The van der Waals surface area contributed by atoms with Crippen molar-refractivity contribution in [2.24, 2.45) is 0 Å². The van der Waals surface area contributed by atoms with E-state index in [1.54, 1.807) is 35.3 Å². The van der Waals surface area contributed by atoms with Crippen molar-refractivity contribution >= 4 is 47.2 Å². The third-order valence-corrected chi connectivity index (χ3v) is 6.91. The molecule has 0 aliphatic rings. The van der Waals surface area contributed by atoms with Crippen LogP contribution in [0.3, 0.4) is 0 Å². The molecule has 0 atom stereocenters. The highest BCUT2D eigenvalue weighted by Crippen LogP contribution is 2.39. The number of carbonyl (C=O) groups excluding carboxylic acids is 2. The SMILES string of the molecule is C=CC(=O)OCCSc1ccccc1Sc1ccccc1SCCOC(=O)C=C. The first-order chi connectivity index (χ1) is 14.1. The Morgan fingerprint density at radius 3 is 1.48 bits per heavy atom. The highest BCUT2D eigenvalue weighted by atomic mass is 32.2. The number of carbonyl (C=O) groups is 2. The molecule has 0 radical (unpaired) electrons. The van der Waals surface area contributed by atoms with Gasteiger partial charge in [-0.1, -0.05) is 49.2 Å². The van der Waals surface area contributed by atoms with Gasteiger partial charge in [-0.15, -0.1) is 23.5 Å². The van der Waals surface area contributed by atoms with Crippen molar-refractivity contribution in [1.82, 2.24) is 0 Å². The van der Waals surface area contributed by atoms with E-state index in [1.807, 2.05) is 24.3 Å². The lowest BCUT2D eigenvalue weighted by Crippen LogP contribution is -2.03. The number of hydrogen-bond acceptors (Lipinski definition) is 7. The molecule has 0 unspecified atom stereocenters. The van der Waals surface area contributed by atoms with Gasteiger partial charge in [0.1, 0.15) is 13.2 Å². The summed E-state index contributed by atoms with van der Waals surface area (Å²) in [6, 6.07) is 16.3. The third-order valence-electron chi connectivity index (χ3n) is 3.42. The van der Waals surface area contributed by atoms with Gasteiger partial charge in [0.05, 0.1) is 0 Å². The Kier molecular flexibility index (Phi) is 10.5. The number of ether oxygens (including phenoxy) is 2. The van der Waals surface area contributed by atoms with E-state index in [-0.39, 0.29) is 0 Å². The van der Waals surface area contributed by atoms with Crippen LogP contribution < -0.4 is 0 Å². The fraction of sp³-hybridized carbons (Fsp3) is 0.182. The molecule has 0 aliphatic heterocycles. The summed E-state index contributed by atoms with van der Waals surface area (Å²) in [7, 11) is 0. The molecule has 0 bridgehead atoms. The average molecular weight is 447 g/mol. The van der Waals surface area contributed by atoms with Crippen molar-refractivity contribution in [3.63, 3.8) is 0 Å². The van der Waals surface area contributed by atoms with E-state index < -0.39 is 11.9 Å². The molecule has 0 saturated carbocycles. The maximum Gasteiger partial charge on any atom is 0.330 e. The zero-order valence-electron chi connectivity index (χ0n) is 15.9. The summed E-state index contributed by atoms with van der Waals surface area (Å²) < 4.78 is 10.1. The van der Waals surface area contributed by atoms with Gasteiger partial charge in [-0.2, -0.15) is 0 Å². The van der Waals surface area contributed by atoms with Gasteiger partial charge in [0.15, 0.2) is 0 Å². The fourth-order valence-corrected chi connectivity index (χ4v) is 5.15. The highest BCUT2D eigenvalue weighted by Gasteiger charge is 2.09.